The zero-order chi connectivity index (χ0) is 25.2. The SMILES string of the molecule is Cc1cccc(CN(C(=O)CN2C(=O)c3cccc4cccc2c34)[C@H](C)C(=O)NC2CCCCC2)c1. The number of amides is 3. The van der Waals surface area contributed by atoms with E-state index in [-0.39, 0.29) is 30.3 Å². The van der Waals surface area contributed by atoms with Crippen molar-refractivity contribution in [1.82, 2.24) is 10.2 Å². The summed E-state index contributed by atoms with van der Waals surface area (Å²) in [5, 5.41) is 5.03. The summed E-state index contributed by atoms with van der Waals surface area (Å²) in [6, 6.07) is 18.9. The average Bonchev–Trinajstić information content (AvgIpc) is 3.15. The van der Waals surface area contributed by atoms with Crippen molar-refractivity contribution in [2.24, 2.45) is 0 Å². The Bertz CT molecular complexity index is 1310. The van der Waals surface area contributed by atoms with Crippen molar-refractivity contribution in [1.29, 1.82) is 0 Å². The Balaban J connectivity index is 1.40. The molecule has 1 saturated carbocycles. The van der Waals surface area contributed by atoms with E-state index in [1.165, 1.54) is 6.42 Å². The summed E-state index contributed by atoms with van der Waals surface area (Å²) in [4.78, 5) is 43.5. The molecule has 5 rings (SSSR count). The molecule has 3 amide bonds. The Morgan fingerprint density at radius 1 is 1.03 bits per heavy atom. The molecule has 0 aromatic heterocycles. The maximum Gasteiger partial charge on any atom is 0.259 e. The molecule has 3 aromatic rings. The Labute approximate surface area is 212 Å². The third kappa shape index (κ3) is 4.72. The molecule has 3 aromatic carbocycles. The Hall–Kier alpha value is -3.67. The van der Waals surface area contributed by atoms with E-state index in [2.05, 4.69) is 5.32 Å². The minimum Gasteiger partial charge on any atom is -0.352 e. The summed E-state index contributed by atoms with van der Waals surface area (Å²) in [6.07, 6.45) is 5.41. The fourth-order valence-electron chi connectivity index (χ4n) is 5.52. The van der Waals surface area contributed by atoms with Gasteiger partial charge < -0.3 is 10.2 Å². The number of benzene rings is 3. The van der Waals surface area contributed by atoms with Crippen molar-refractivity contribution in [2.75, 3.05) is 11.4 Å². The summed E-state index contributed by atoms with van der Waals surface area (Å²) in [6.45, 7) is 3.99. The molecule has 1 N–H and O–H groups in total. The van der Waals surface area contributed by atoms with Crippen LogP contribution in [0.5, 0.6) is 0 Å². The highest BCUT2D eigenvalue weighted by atomic mass is 16.2. The number of carbonyl (C=O) groups excluding carboxylic acids is 3. The fraction of sp³-hybridized carbons (Fsp3) is 0.367. The van der Waals surface area contributed by atoms with E-state index in [0.29, 0.717) is 12.1 Å². The summed E-state index contributed by atoms with van der Waals surface area (Å²) in [7, 11) is 0. The number of hydrogen-bond donors (Lipinski definition) is 1. The van der Waals surface area contributed by atoms with Crippen LogP contribution in [0.4, 0.5) is 5.69 Å². The van der Waals surface area contributed by atoms with Gasteiger partial charge in [0.15, 0.2) is 0 Å². The van der Waals surface area contributed by atoms with Crippen molar-refractivity contribution >= 4 is 34.2 Å². The van der Waals surface area contributed by atoms with Gasteiger partial charge in [0.25, 0.3) is 5.91 Å². The predicted molar refractivity (Wildman–Crippen MR) is 142 cm³/mol. The number of hydrogen-bond acceptors (Lipinski definition) is 3. The molecule has 1 aliphatic carbocycles. The van der Waals surface area contributed by atoms with E-state index in [4.69, 9.17) is 0 Å². The molecule has 0 unspecified atom stereocenters. The van der Waals surface area contributed by atoms with Gasteiger partial charge in [-0.25, -0.2) is 0 Å². The monoisotopic (exact) mass is 483 g/mol. The molecular weight excluding hydrogens is 450 g/mol. The van der Waals surface area contributed by atoms with Crippen LogP contribution in [0.15, 0.2) is 60.7 Å². The van der Waals surface area contributed by atoms with Crippen molar-refractivity contribution < 1.29 is 14.4 Å². The molecular formula is C30H33N3O3. The maximum absolute atomic E-state index is 13.8. The van der Waals surface area contributed by atoms with Crippen LogP contribution < -0.4 is 10.2 Å². The second kappa shape index (κ2) is 10.1. The van der Waals surface area contributed by atoms with Gasteiger partial charge in [0.2, 0.25) is 11.8 Å². The van der Waals surface area contributed by atoms with Crippen molar-refractivity contribution in [3.8, 4) is 0 Å². The average molecular weight is 484 g/mol. The standard InChI is InChI=1S/C30H33N3O3/c1-20-9-6-10-22(17-20)18-32(21(2)29(35)31-24-13-4-3-5-14-24)27(34)19-33-26-16-8-12-23-11-7-15-25(28(23)26)30(33)36/h6-12,15-17,21,24H,3-5,13-14,18-19H2,1-2H3,(H,31,35)/t21-/m1/s1. The number of aryl methyl sites for hydroxylation is 1. The van der Waals surface area contributed by atoms with Crippen molar-refractivity contribution in [3.63, 3.8) is 0 Å². The summed E-state index contributed by atoms with van der Waals surface area (Å²) < 4.78 is 0. The molecule has 36 heavy (non-hydrogen) atoms. The zero-order valence-corrected chi connectivity index (χ0v) is 21.0. The first-order valence-corrected chi connectivity index (χ1v) is 12.9. The quantitative estimate of drug-likeness (QED) is 0.516. The van der Waals surface area contributed by atoms with Crippen LogP contribution in [-0.4, -0.2) is 41.2 Å². The largest absolute Gasteiger partial charge is 0.352 e. The summed E-state index contributed by atoms with van der Waals surface area (Å²) in [5.74, 6) is -0.563. The summed E-state index contributed by atoms with van der Waals surface area (Å²) in [5.41, 5.74) is 3.41. The van der Waals surface area contributed by atoms with Gasteiger partial charge in [0.05, 0.1) is 5.69 Å². The van der Waals surface area contributed by atoms with E-state index in [1.54, 1.807) is 16.7 Å². The van der Waals surface area contributed by atoms with Crippen LogP contribution in [0.3, 0.4) is 0 Å². The van der Waals surface area contributed by atoms with E-state index in [1.807, 2.05) is 67.6 Å². The third-order valence-electron chi connectivity index (χ3n) is 7.50. The Morgan fingerprint density at radius 2 is 1.75 bits per heavy atom. The van der Waals surface area contributed by atoms with Gasteiger partial charge in [-0.05, 0) is 49.8 Å². The minimum atomic E-state index is -0.657. The Morgan fingerprint density at radius 3 is 2.50 bits per heavy atom. The highest BCUT2D eigenvalue weighted by Gasteiger charge is 2.34. The number of nitrogens with zero attached hydrogens (tertiary/aromatic N) is 2. The molecule has 0 radical (unpaired) electrons. The lowest BCUT2D eigenvalue weighted by Crippen LogP contribution is -2.52. The van der Waals surface area contributed by atoms with Gasteiger partial charge in [0.1, 0.15) is 12.6 Å². The van der Waals surface area contributed by atoms with Crippen LogP contribution in [0.1, 0.15) is 60.5 Å². The highest BCUT2D eigenvalue weighted by molar-refractivity contribution is 6.26. The van der Waals surface area contributed by atoms with Crippen LogP contribution >= 0.6 is 0 Å². The molecule has 186 valence electrons. The normalized spacial score (nSPS) is 16.3. The van der Waals surface area contributed by atoms with E-state index >= 15 is 0 Å². The predicted octanol–water partition coefficient (Wildman–Crippen LogP) is 4.97. The first-order valence-electron chi connectivity index (χ1n) is 12.9. The second-order valence-corrected chi connectivity index (χ2v) is 10.1. The molecule has 0 spiro atoms. The van der Waals surface area contributed by atoms with Crippen LogP contribution in [0.25, 0.3) is 10.8 Å². The second-order valence-electron chi connectivity index (χ2n) is 10.1. The molecule has 6 heteroatoms. The van der Waals surface area contributed by atoms with Crippen LogP contribution in [0.2, 0.25) is 0 Å². The fourth-order valence-corrected chi connectivity index (χ4v) is 5.52. The van der Waals surface area contributed by atoms with Crippen molar-refractivity contribution in [3.05, 3.63) is 77.4 Å². The van der Waals surface area contributed by atoms with Gasteiger partial charge in [-0.1, -0.05) is 73.4 Å². The smallest absolute Gasteiger partial charge is 0.259 e. The first-order chi connectivity index (χ1) is 17.4. The van der Waals surface area contributed by atoms with Gasteiger partial charge >= 0.3 is 0 Å². The number of nitrogens with one attached hydrogen (secondary N) is 1. The van der Waals surface area contributed by atoms with Gasteiger partial charge in [-0.2, -0.15) is 0 Å². The van der Waals surface area contributed by atoms with Gasteiger partial charge in [-0.15, -0.1) is 0 Å². The lowest BCUT2D eigenvalue weighted by molar-refractivity contribution is -0.139. The molecule has 0 bridgehead atoms. The number of anilines is 1. The molecule has 1 aliphatic heterocycles. The van der Waals surface area contributed by atoms with Crippen molar-refractivity contribution in [2.45, 2.75) is 64.6 Å². The van der Waals surface area contributed by atoms with Gasteiger partial charge in [0, 0.05) is 23.5 Å². The topological polar surface area (TPSA) is 69.7 Å². The maximum atomic E-state index is 13.8. The van der Waals surface area contributed by atoms with Crippen LogP contribution in [0, 0.1) is 6.92 Å². The zero-order valence-electron chi connectivity index (χ0n) is 21.0. The molecule has 1 atom stereocenters. The number of carbonyl (C=O) groups is 3. The lowest BCUT2D eigenvalue weighted by Gasteiger charge is -2.32. The highest BCUT2D eigenvalue weighted by Crippen LogP contribution is 2.37. The Kier molecular flexibility index (Phi) is 6.77. The van der Waals surface area contributed by atoms with E-state index < -0.39 is 6.04 Å². The first kappa shape index (κ1) is 24.0. The summed E-state index contributed by atoms with van der Waals surface area (Å²) >= 11 is 0. The molecule has 6 nitrogen and oxygen atoms in total. The van der Waals surface area contributed by atoms with Crippen LogP contribution in [-0.2, 0) is 16.1 Å². The molecule has 1 fully saturated rings. The van der Waals surface area contributed by atoms with E-state index in [9.17, 15) is 14.4 Å². The minimum absolute atomic E-state index is 0.112. The number of rotatable bonds is 7. The molecule has 0 saturated heterocycles. The van der Waals surface area contributed by atoms with Gasteiger partial charge in [-0.3, -0.25) is 19.3 Å². The third-order valence-corrected chi connectivity index (χ3v) is 7.50. The lowest BCUT2D eigenvalue weighted by atomic mass is 9.95. The molecule has 2 aliphatic rings. The van der Waals surface area contributed by atoms with E-state index in [0.717, 1.165) is 53.3 Å². The molecule has 1 heterocycles.